The first-order valence-corrected chi connectivity index (χ1v) is 7.62. The maximum absolute atomic E-state index is 12.5. The molecule has 0 fully saturated rings. The molecule has 5 nitrogen and oxygen atoms in total. The number of anilines is 1. The number of para-hydroxylation sites is 1. The van der Waals surface area contributed by atoms with E-state index in [1.165, 1.54) is 24.1 Å². The van der Waals surface area contributed by atoms with E-state index in [-0.39, 0.29) is 34.7 Å². The van der Waals surface area contributed by atoms with Crippen LogP contribution in [0.25, 0.3) is 0 Å². The number of halogens is 1. The van der Waals surface area contributed by atoms with Gasteiger partial charge in [0, 0.05) is 7.05 Å². The van der Waals surface area contributed by atoms with Gasteiger partial charge in [0.1, 0.15) is 12.1 Å². The van der Waals surface area contributed by atoms with Crippen molar-refractivity contribution in [2.75, 3.05) is 11.9 Å². The Morgan fingerprint density at radius 2 is 1.91 bits per heavy atom. The van der Waals surface area contributed by atoms with Gasteiger partial charge in [0.2, 0.25) is 0 Å². The summed E-state index contributed by atoms with van der Waals surface area (Å²) in [6.45, 7) is 3.49. The third-order valence-electron chi connectivity index (χ3n) is 3.00. The molecular formula is C16H16FNO4S. The van der Waals surface area contributed by atoms with E-state index in [0.29, 0.717) is 5.69 Å². The van der Waals surface area contributed by atoms with Crippen molar-refractivity contribution in [3.05, 3.63) is 47.7 Å². The van der Waals surface area contributed by atoms with E-state index in [2.05, 4.69) is 0 Å². The molecule has 7 heteroatoms. The highest BCUT2D eigenvalue weighted by atomic mass is 32.2. The second kappa shape index (κ2) is 7.32. The van der Waals surface area contributed by atoms with Gasteiger partial charge in [-0.2, -0.15) is 3.89 Å². The third-order valence-corrected chi connectivity index (χ3v) is 3.37. The van der Waals surface area contributed by atoms with Gasteiger partial charge in [-0.05, 0) is 38.1 Å². The normalized spacial score (nSPS) is 10.7. The number of hydrogen-bond donors (Lipinski definition) is 0. The Kier molecular flexibility index (Phi) is 5.44. The fourth-order valence-electron chi connectivity index (χ4n) is 1.97. The number of carbonyl (C=O) groups excluding carboxylic acids is 2. The maximum atomic E-state index is 12.5. The molecule has 0 aliphatic carbocycles. The molecule has 0 aliphatic rings. The first-order chi connectivity index (χ1) is 10.9. The van der Waals surface area contributed by atoms with Crippen LogP contribution in [0.1, 0.15) is 34.8 Å². The molecule has 0 radical (unpaired) electrons. The molecule has 122 valence electrons. The summed E-state index contributed by atoms with van der Waals surface area (Å²) in [5.41, 5.74) is 0.651. The van der Waals surface area contributed by atoms with Crippen LogP contribution in [0.2, 0.25) is 0 Å². The molecule has 0 N–H and O–H groups in total. The number of rotatable bonds is 5. The minimum absolute atomic E-state index is 0.00532. The summed E-state index contributed by atoms with van der Waals surface area (Å²) in [4.78, 5) is 25.8. The lowest BCUT2D eigenvalue weighted by Crippen LogP contribution is -2.28. The number of amides is 1. The number of carbonyl (C=O) groups is 2. The number of esters is 1. The van der Waals surface area contributed by atoms with E-state index in [4.69, 9.17) is 9.15 Å². The van der Waals surface area contributed by atoms with Gasteiger partial charge in [-0.15, -0.1) is 0 Å². The van der Waals surface area contributed by atoms with Crippen LogP contribution in [0.15, 0.2) is 45.9 Å². The van der Waals surface area contributed by atoms with E-state index in [9.17, 15) is 13.5 Å². The lowest BCUT2D eigenvalue weighted by atomic mass is 10.1. The summed E-state index contributed by atoms with van der Waals surface area (Å²) in [6, 6.07) is 9.34. The first kappa shape index (κ1) is 17.1. The molecule has 2 rings (SSSR count). The van der Waals surface area contributed by atoms with E-state index in [1.807, 2.05) is 0 Å². The van der Waals surface area contributed by atoms with Gasteiger partial charge < -0.3 is 14.1 Å². The molecule has 0 atom stereocenters. The highest BCUT2D eigenvalue weighted by Crippen LogP contribution is 2.25. The Balaban J connectivity index is 2.30. The molecule has 2 aromatic rings. The van der Waals surface area contributed by atoms with Crippen molar-refractivity contribution in [3.8, 4) is 0 Å². The number of benzene rings is 1. The molecule has 1 aromatic heterocycles. The quantitative estimate of drug-likeness (QED) is 0.769. The van der Waals surface area contributed by atoms with E-state index in [0.717, 1.165) is 0 Å². The van der Waals surface area contributed by atoms with Gasteiger partial charge in [-0.25, -0.2) is 4.79 Å². The SMILES string of the molecule is CC(C)OC(=O)c1ccccc1N(C)C(=O)c1ccc(SF)o1. The molecular weight excluding hydrogens is 321 g/mol. The molecule has 1 heterocycles. The van der Waals surface area contributed by atoms with Crippen LogP contribution in [0.5, 0.6) is 0 Å². The van der Waals surface area contributed by atoms with Crippen LogP contribution >= 0.6 is 12.1 Å². The largest absolute Gasteiger partial charge is 0.459 e. The summed E-state index contributed by atoms with van der Waals surface area (Å²) in [5.74, 6) is -1.02. The van der Waals surface area contributed by atoms with Crippen molar-refractivity contribution in [1.82, 2.24) is 0 Å². The number of hydrogen-bond acceptors (Lipinski definition) is 5. The average molecular weight is 337 g/mol. The number of ether oxygens (including phenoxy) is 1. The van der Waals surface area contributed by atoms with Gasteiger partial charge in [0.15, 0.2) is 10.9 Å². The lowest BCUT2D eigenvalue weighted by molar-refractivity contribution is 0.0379. The van der Waals surface area contributed by atoms with Gasteiger partial charge in [0.05, 0.1) is 17.4 Å². The smallest absolute Gasteiger partial charge is 0.340 e. The van der Waals surface area contributed by atoms with Crippen molar-refractivity contribution < 1.29 is 22.6 Å². The second-order valence-electron chi connectivity index (χ2n) is 5.03. The fourth-order valence-corrected chi connectivity index (χ4v) is 2.21. The molecule has 0 unspecified atom stereocenters. The highest BCUT2D eigenvalue weighted by Gasteiger charge is 2.23. The van der Waals surface area contributed by atoms with Crippen LogP contribution in [-0.2, 0) is 4.74 Å². The maximum Gasteiger partial charge on any atom is 0.340 e. The molecule has 1 aromatic carbocycles. The Hall–Kier alpha value is -2.28. The van der Waals surface area contributed by atoms with E-state index >= 15 is 0 Å². The van der Waals surface area contributed by atoms with Gasteiger partial charge in [0.25, 0.3) is 5.91 Å². The predicted octanol–water partition coefficient (Wildman–Crippen LogP) is 4.10. The van der Waals surface area contributed by atoms with E-state index < -0.39 is 11.9 Å². The molecule has 0 bridgehead atoms. The summed E-state index contributed by atoms with van der Waals surface area (Å²) in [6.07, 6.45) is -0.272. The van der Waals surface area contributed by atoms with Gasteiger partial charge in [-0.3, -0.25) is 4.79 Å². The summed E-state index contributed by atoms with van der Waals surface area (Å²) >= 11 is -0.0821. The zero-order chi connectivity index (χ0) is 17.0. The summed E-state index contributed by atoms with van der Waals surface area (Å²) in [7, 11) is 1.51. The van der Waals surface area contributed by atoms with Crippen LogP contribution < -0.4 is 4.90 Å². The molecule has 23 heavy (non-hydrogen) atoms. The third kappa shape index (κ3) is 3.92. The standard InChI is InChI=1S/C16H16FNO4S/c1-10(2)21-16(20)11-6-4-5-7-12(11)18(3)15(19)13-8-9-14(22-13)23-17/h4-10H,1-3H3. The zero-order valence-corrected chi connectivity index (χ0v) is 13.7. The molecule has 0 aliphatic heterocycles. The van der Waals surface area contributed by atoms with Crippen molar-refractivity contribution >= 4 is 29.7 Å². The predicted molar refractivity (Wildman–Crippen MR) is 85.4 cm³/mol. The number of furan rings is 1. The summed E-state index contributed by atoms with van der Waals surface area (Å²) in [5, 5.41) is -0.00532. The van der Waals surface area contributed by atoms with Gasteiger partial charge >= 0.3 is 5.97 Å². The van der Waals surface area contributed by atoms with Crippen LogP contribution in [-0.4, -0.2) is 25.0 Å². The zero-order valence-electron chi connectivity index (χ0n) is 12.9. The molecule has 0 saturated heterocycles. The molecule has 0 spiro atoms. The minimum Gasteiger partial charge on any atom is -0.459 e. The fraction of sp³-hybridized carbons (Fsp3) is 0.250. The number of nitrogens with zero attached hydrogens (tertiary/aromatic N) is 1. The Morgan fingerprint density at radius 1 is 1.22 bits per heavy atom. The Labute approximate surface area is 137 Å². The minimum atomic E-state index is -0.519. The first-order valence-electron chi connectivity index (χ1n) is 6.90. The monoisotopic (exact) mass is 337 g/mol. The average Bonchev–Trinajstić information content (AvgIpc) is 3.02. The summed E-state index contributed by atoms with van der Waals surface area (Å²) < 4.78 is 22.7. The van der Waals surface area contributed by atoms with Crippen molar-refractivity contribution in [1.29, 1.82) is 0 Å². The Morgan fingerprint density at radius 3 is 2.52 bits per heavy atom. The van der Waals surface area contributed by atoms with Crippen LogP contribution in [0.3, 0.4) is 0 Å². The van der Waals surface area contributed by atoms with Crippen molar-refractivity contribution in [3.63, 3.8) is 0 Å². The lowest BCUT2D eigenvalue weighted by Gasteiger charge is -2.19. The van der Waals surface area contributed by atoms with Crippen molar-refractivity contribution in [2.24, 2.45) is 0 Å². The second-order valence-corrected chi connectivity index (χ2v) is 5.59. The Bertz CT molecular complexity index is 714. The molecule has 1 amide bonds. The van der Waals surface area contributed by atoms with E-state index in [1.54, 1.807) is 38.1 Å². The molecule has 0 saturated carbocycles. The van der Waals surface area contributed by atoms with Crippen LogP contribution in [0.4, 0.5) is 9.57 Å². The topological polar surface area (TPSA) is 59.8 Å². The highest BCUT2D eigenvalue weighted by molar-refractivity contribution is 7.94. The van der Waals surface area contributed by atoms with Crippen LogP contribution in [0, 0.1) is 0 Å². The van der Waals surface area contributed by atoms with Crippen molar-refractivity contribution in [2.45, 2.75) is 25.0 Å². The van der Waals surface area contributed by atoms with Gasteiger partial charge in [-0.1, -0.05) is 12.1 Å².